The van der Waals surface area contributed by atoms with E-state index < -0.39 is 0 Å². The van der Waals surface area contributed by atoms with Crippen LogP contribution in [0.1, 0.15) is 36.1 Å². The zero-order valence-corrected chi connectivity index (χ0v) is 14.9. The van der Waals surface area contributed by atoms with Gasteiger partial charge in [0.05, 0.1) is 10.7 Å². The first-order chi connectivity index (χ1) is 10.2. The lowest BCUT2D eigenvalue weighted by Crippen LogP contribution is -1.96. The van der Waals surface area contributed by atoms with Crippen LogP contribution in [0.2, 0.25) is 5.02 Å². The van der Waals surface area contributed by atoms with Gasteiger partial charge in [-0.25, -0.2) is 0 Å². The van der Waals surface area contributed by atoms with Crippen molar-refractivity contribution in [3.63, 3.8) is 0 Å². The summed E-state index contributed by atoms with van der Waals surface area (Å²) in [4.78, 5) is 5.71. The van der Waals surface area contributed by atoms with E-state index in [-0.39, 0.29) is 0 Å². The average Bonchev–Trinajstić information content (AvgIpc) is 2.73. The summed E-state index contributed by atoms with van der Waals surface area (Å²) in [6.45, 7) is 0. The third-order valence-corrected chi connectivity index (χ3v) is 5.93. The van der Waals surface area contributed by atoms with Gasteiger partial charge in [-0.3, -0.25) is 4.98 Å². The smallest absolute Gasteiger partial charge is 0.0544 e. The van der Waals surface area contributed by atoms with E-state index in [1.54, 1.807) is 0 Å². The highest BCUT2D eigenvalue weighted by molar-refractivity contribution is 9.10. The number of hydrogen-bond donors (Lipinski definition) is 0. The van der Waals surface area contributed by atoms with E-state index in [0.717, 1.165) is 27.4 Å². The molecule has 0 saturated carbocycles. The van der Waals surface area contributed by atoms with Crippen molar-refractivity contribution in [1.29, 1.82) is 0 Å². The summed E-state index contributed by atoms with van der Waals surface area (Å²) in [7, 11) is 0. The zero-order chi connectivity index (χ0) is 14.7. The summed E-state index contributed by atoms with van der Waals surface area (Å²) in [5, 5.41) is 0.887. The van der Waals surface area contributed by atoms with Crippen molar-refractivity contribution in [2.75, 3.05) is 0 Å². The van der Waals surface area contributed by atoms with Crippen molar-refractivity contribution in [3.05, 3.63) is 56.8 Å². The van der Waals surface area contributed by atoms with Gasteiger partial charge in [0.1, 0.15) is 0 Å². The zero-order valence-electron chi connectivity index (χ0n) is 11.7. The molecular formula is C17H17BrClNS. The SMILES string of the molecule is Clc1ccc2c(c1SCc1ccc(Br)cn1)CCCCC2. The normalized spacial score (nSPS) is 14.6. The van der Waals surface area contributed by atoms with Gasteiger partial charge in [-0.15, -0.1) is 11.8 Å². The number of benzene rings is 1. The highest BCUT2D eigenvalue weighted by atomic mass is 79.9. The quantitative estimate of drug-likeness (QED) is 0.473. The molecule has 1 aliphatic carbocycles. The first-order valence-corrected chi connectivity index (χ1v) is 9.43. The monoisotopic (exact) mass is 381 g/mol. The Kier molecular flexibility index (Phi) is 5.25. The minimum absolute atomic E-state index is 0.865. The fourth-order valence-corrected chi connectivity index (χ4v) is 4.39. The molecule has 1 nitrogen and oxygen atoms in total. The molecule has 0 fully saturated rings. The molecule has 0 amide bonds. The third kappa shape index (κ3) is 3.82. The number of hydrogen-bond acceptors (Lipinski definition) is 2. The van der Waals surface area contributed by atoms with Crippen molar-refractivity contribution < 1.29 is 0 Å². The largest absolute Gasteiger partial charge is 0.259 e. The van der Waals surface area contributed by atoms with Gasteiger partial charge in [0.25, 0.3) is 0 Å². The van der Waals surface area contributed by atoms with E-state index in [1.807, 2.05) is 24.0 Å². The number of pyridine rings is 1. The predicted molar refractivity (Wildman–Crippen MR) is 94.2 cm³/mol. The number of nitrogens with zero attached hydrogens (tertiary/aromatic N) is 1. The van der Waals surface area contributed by atoms with Crippen molar-refractivity contribution in [2.24, 2.45) is 0 Å². The second-order valence-corrected chi connectivity index (χ2v) is 7.64. The number of thioether (sulfide) groups is 1. The molecule has 110 valence electrons. The second kappa shape index (κ2) is 7.17. The highest BCUT2D eigenvalue weighted by Crippen LogP contribution is 2.37. The molecule has 1 aromatic heterocycles. The topological polar surface area (TPSA) is 12.9 Å². The van der Waals surface area contributed by atoms with Crippen LogP contribution in [0.4, 0.5) is 0 Å². The Morgan fingerprint density at radius 3 is 2.76 bits per heavy atom. The van der Waals surface area contributed by atoms with Crippen LogP contribution in [0.15, 0.2) is 39.8 Å². The van der Waals surface area contributed by atoms with Gasteiger partial charge in [0.15, 0.2) is 0 Å². The van der Waals surface area contributed by atoms with Crippen molar-refractivity contribution in [3.8, 4) is 0 Å². The fraction of sp³-hybridized carbons (Fsp3) is 0.353. The van der Waals surface area contributed by atoms with E-state index in [0.29, 0.717) is 0 Å². The summed E-state index contributed by atoms with van der Waals surface area (Å²) >= 11 is 11.7. The maximum Gasteiger partial charge on any atom is 0.0544 e. The molecule has 0 atom stereocenters. The Bertz CT molecular complexity index is 627. The predicted octanol–water partition coefficient (Wildman–Crippen LogP) is 6.06. The van der Waals surface area contributed by atoms with Gasteiger partial charge in [-0.05, 0) is 70.9 Å². The standard InChI is InChI=1S/C17H17BrClNS/c18-13-7-8-14(20-10-13)11-21-17-15-5-3-1-2-4-12(15)6-9-16(17)19/h6-10H,1-5,11H2. The lowest BCUT2D eigenvalue weighted by atomic mass is 10.0. The molecule has 0 N–H and O–H groups in total. The minimum atomic E-state index is 0.865. The lowest BCUT2D eigenvalue weighted by molar-refractivity contribution is 0.710. The van der Waals surface area contributed by atoms with Crippen molar-refractivity contribution >= 4 is 39.3 Å². The molecule has 0 aliphatic heterocycles. The Morgan fingerprint density at radius 1 is 1.10 bits per heavy atom. The van der Waals surface area contributed by atoms with Crippen LogP contribution < -0.4 is 0 Å². The van der Waals surface area contributed by atoms with E-state index in [4.69, 9.17) is 11.6 Å². The molecule has 0 unspecified atom stereocenters. The van der Waals surface area contributed by atoms with Gasteiger partial charge in [0.2, 0.25) is 0 Å². The Labute approximate surface area is 143 Å². The van der Waals surface area contributed by atoms with Crippen LogP contribution in [0.3, 0.4) is 0 Å². The Hall–Kier alpha value is -0.510. The van der Waals surface area contributed by atoms with E-state index in [1.165, 1.54) is 41.7 Å². The van der Waals surface area contributed by atoms with Crippen LogP contribution >= 0.6 is 39.3 Å². The molecule has 4 heteroatoms. The first-order valence-electron chi connectivity index (χ1n) is 7.27. The van der Waals surface area contributed by atoms with Gasteiger partial charge in [-0.1, -0.05) is 24.1 Å². The molecule has 3 rings (SSSR count). The summed E-state index contributed by atoms with van der Waals surface area (Å²) in [6.07, 6.45) is 8.10. The Morgan fingerprint density at radius 2 is 1.95 bits per heavy atom. The number of aryl methyl sites for hydroxylation is 1. The number of rotatable bonds is 3. The highest BCUT2D eigenvalue weighted by Gasteiger charge is 2.15. The second-order valence-electron chi connectivity index (χ2n) is 5.33. The molecule has 0 bridgehead atoms. The summed E-state index contributed by atoms with van der Waals surface area (Å²) in [6, 6.07) is 8.37. The van der Waals surface area contributed by atoms with Crippen molar-refractivity contribution in [2.45, 2.75) is 42.8 Å². The van der Waals surface area contributed by atoms with E-state index in [2.05, 4.69) is 39.1 Å². The molecular weight excluding hydrogens is 366 g/mol. The molecule has 21 heavy (non-hydrogen) atoms. The number of halogens is 2. The fourth-order valence-electron chi connectivity index (χ4n) is 2.74. The van der Waals surface area contributed by atoms with Crippen LogP contribution in [-0.2, 0) is 18.6 Å². The van der Waals surface area contributed by atoms with Crippen LogP contribution in [0.25, 0.3) is 0 Å². The first kappa shape index (κ1) is 15.4. The summed E-state index contributed by atoms with van der Waals surface area (Å²) in [5.41, 5.74) is 4.05. The van der Waals surface area contributed by atoms with Crippen molar-refractivity contribution in [1.82, 2.24) is 4.98 Å². The maximum atomic E-state index is 6.46. The van der Waals surface area contributed by atoms with Gasteiger partial charge < -0.3 is 0 Å². The molecule has 2 aromatic rings. The molecule has 1 aromatic carbocycles. The minimum Gasteiger partial charge on any atom is -0.259 e. The maximum absolute atomic E-state index is 6.46. The molecule has 0 saturated heterocycles. The van der Waals surface area contributed by atoms with Gasteiger partial charge in [-0.2, -0.15) is 0 Å². The number of aromatic nitrogens is 1. The van der Waals surface area contributed by atoms with E-state index >= 15 is 0 Å². The molecule has 0 radical (unpaired) electrons. The molecule has 1 heterocycles. The molecule has 0 spiro atoms. The lowest BCUT2D eigenvalue weighted by Gasteiger charge is -2.14. The summed E-state index contributed by atoms with van der Waals surface area (Å²) < 4.78 is 1.02. The van der Waals surface area contributed by atoms with Gasteiger partial charge >= 0.3 is 0 Å². The van der Waals surface area contributed by atoms with E-state index in [9.17, 15) is 0 Å². The molecule has 1 aliphatic rings. The van der Waals surface area contributed by atoms with Crippen LogP contribution in [-0.4, -0.2) is 4.98 Å². The summed E-state index contributed by atoms with van der Waals surface area (Å²) in [5.74, 6) is 0.865. The average molecular weight is 383 g/mol. The van der Waals surface area contributed by atoms with Crippen LogP contribution in [0.5, 0.6) is 0 Å². The van der Waals surface area contributed by atoms with Crippen LogP contribution in [0, 0.1) is 0 Å². The third-order valence-electron chi connectivity index (χ3n) is 3.84. The Balaban J connectivity index is 1.82. The van der Waals surface area contributed by atoms with Gasteiger partial charge in [0, 0.05) is 21.3 Å². The number of fused-ring (bicyclic) bond motifs is 1.